The van der Waals surface area contributed by atoms with E-state index < -0.39 is 5.97 Å². The Labute approximate surface area is 120 Å². The third-order valence-corrected chi connectivity index (χ3v) is 4.40. The molecule has 2 rings (SSSR count). The van der Waals surface area contributed by atoms with E-state index in [4.69, 9.17) is 5.11 Å². The molecule has 0 aliphatic carbocycles. The minimum atomic E-state index is -0.813. The van der Waals surface area contributed by atoms with E-state index in [1.54, 1.807) is 11.9 Å². The zero-order valence-corrected chi connectivity index (χ0v) is 12.2. The van der Waals surface area contributed by atoms with Crippen LogP contribution in [0.15, 0.2) is 0 Å². The van der Waals surface area contributed by atoms with Gasteiger partial charge in [0, 0.05) is 38.6 Å². The third kappa shape index (κ3) is 3.85. The Morgan fingerprint density at radius 2 is 2.10 bits per heavy atom. The first-order valence-electron chi connectivity index (χ1n) is 7.55. The van der Waals surface area contributed by atoms with Crippen molar-refractivity contribution in [1.82, 2.24) is 15.1 Å². The molecule has 0 bridgehead atoms. The summed E-state index contributed by atoms with van der Waals surface area (Å²) < 4.78 is 0. The predicted molar refractivity (Wildman–Crippen MR) is 75.6 cm³/mol. The number of hydrogen-bond donors (Lipinski definition) is 2. The van der Waals surface area contributed by atoms with Crippen molar-refractivity contribution >= 4 is 12.0 Å². The Kier molecular flexibility index (Phi) is 5.23. The van der Waals surface area contributed by atoms with Crippen LogP contribution in [0.3, 0.4) is 0 Å². The molecule has 2 aliphatic heterocycles. The van der Waals surface area contributed by atoms with Crippen molar-refractivity contribution in [3.05, 3.63) is 0 Å². The lowest BCUT2D eigenvalue weighted by Crippen LogP contribution is -2.50. The maximum absolute atomic E-state index is 12.1. The summed E-state index contributed by atoms with van der Waals surface area (Å²) in [7, 11) is 1.73. The number of hydrogen-bond acceptors (Lipinski definition) is 3. The van der Waals surface area contributed by atoms with Crippen molar-refractivity contribution in [3.8, 4) is 0 Å². The highest BCUT2D eigenvalue weighted by atomic mass is 16.4. The number of nitrogens with zero attached hydrogens (tertiary/aromatic N) is 2. The number of aliphatic carboxylic acids is 1. The van der Waals surface area contributed by atoms with Crippen LogP contribution in [0, 0.1) is 0 Å². The Morgan fingerprint density at radius 3 is 2.85 bits per heavy atom. The Balaban J connectivity index is 1.74. The molecule has 114 valence electrons. The normalized spacial score (nSPS) is 26.1. The highest BCUT2D eigenvalue weighted by molar-refractivity contribution is 5.74. The van der Waals surface area contributed by atoms with Gasteiger partial charge in [0.25, 0.3) is 0 Å². The first-order valence-corrected chi connectivity index (χ1v) is 7.55. The second kappa shape index (κ2) is 6.92. The molecule has 0 aromatic rings. The topological polar surface area (TPSA) is 72.9 Å². The number of carboxylic acids is 1. The molecule has 0 spiro atoms. The standard InChI is InChI=1S/C14H25N3O3/c1-16(8-4-6-13(18)19)14(20)15-11-7-10-17-9-3-2-5-12(11)17/h11-12H,2-10H2,1H3,(H,15,20)(H,18,19). The van der Waals surface area contributed by atoms with Crippen LogP contribution in [0.2, 0.25) is 0 Å². The Hall–Kier alpha value is -1.30. The summed E-state index contributed by atoms with van der Waals surface area (Å²) in [5.41, 5.74) is 0. The van der Waals surface area contributed by atoms with Crippen molar-refractivity contribution in [2.24, 2.45) is 0 Å². The zero-order chi connectivity index (χ0) is 14.5. The number of carboxylic acid groups (broad SMARTS) is 1. The van der Waals surface area contributed by atoms with Crippen LogP contribution >= 0.6 is 0 Å². The molecule has 2 aliphatic rings. The number of fused-ring (bicyclic) bond motifs is 1. The minimum absolute atomic E-state index is 0.0761. The van der Waals surface area contributed by atoms with Gasteiger partial charge in [-0.3, -0.25) is 9.69 Å². The summed E-state index contributed by atoms with van der Waals surface area (Å²) in [4.78, 5) is 26.6. The zero-order valence-electron chi connectivity index (χ0n) is 12.2. The van der Waals surface area contributed by atoms with Crippen molar-refractivity contribution in [2.45, 2.75) is 50.6 Å². The third-order valence-electron chi connectivity index (χ3n) is 4.40. The van der Waals surface area contributed by atoms with Crippen LogP contribution in [-0.4, -0.2) is 65.7 Å². The molecule has 2 N–H and O–H groups in total. The molecule has 0 aromatic carbocycles. The fourth-order valence-electron chi connectivity index (χ4n) is 3.25. The van der Waals surface area contributed by atoms with Crippen LogP contribution in [0.5, 0.6) is 0 Å². The fraction of sp³-hybridized carbons (Fsp3) is 0.857. The average Bonchev–Trinajstić information content (AvgIpc) is 2.81. The van der Waals surface area contributed by atoms with Gasteiger partial charge >= 0.3 is 12.0 Å². The number of nitrogens with one attached hydrogen (secondary N) is 1. The largest absolute Gasteiger partial charge is 0.481 e. The first kappa shape index (κ1) is 15.1. The highest BCUT2D eigenvalue weighted by Gasteiger charge is 2.36. The van der Waals surface area contributed by atoms with Gasteiger partial charge in [-0.05, 0) is 32.2 Å². The average molecular weight is 283 g/mol. The van der Waals surface area contributed by atoms with Gasteiger partial charge in [-0.25, -0.2) is 4.79 Å². The number of rotatable bonds is 5. The number of piperidine rings is 1. The van der Waals surface area contributed by atoms with Crippen LogP contribution in [0.1, 0.15) is 38.5 Å². The van der Waals surface area contributed by atoms with Crippen LogP contribution in [0.25, 0.3) is 0 Å². The van der Waals surface area contributed by atoms with E-state index >= 15 is 0 Å². The lowest BCUT2D eigenvalue weighted by Gasteiger charge is -2.33. The number of carbonyl (C=O) groups excluding carboxylic acids is 1. The van der Waals surface area contributed by atoms with E-state index in [1.807, 2.05) is 0 Å². The molecular formula is C14H25N3O3. The SMILES string of the molecule is CN(CCCC(=O)O)C(=O)NC1CCN2CCCCC12. The van der Waals surface area contributed by atoms with Gasteiger partial charge in [-0.2, -0.15) is 0 Å². The highest BCUT2D eigenvalue weighted by Crippen LogP contribution is 2.27. The van der Waals surface area contributed by atoms with Gasteiger partial charge in [-0.1, -0.05) is 6.42 Å². The van der Waals surface area contributed by atoms with Crippen molar-refractivity contribution in [1.29, 1.82) is 0 Å². The number of carbonyl (C=O) groups is 2. The van der Waals surface area contributed by atoms with Crippen LogP contribution < -0.4 is 5.32 Å². The lowest BCUT2D eigenvalue weighted by atomic mass is 9.99. The van der Waals surface area contributed by atoms with Crippen molar-refractivity contribution in [3.63, 3.8) is 0 Å². The van der Waals surface area contributed by atoms with E-state index in [0.29, 0.717) is 19.0 Å². The second-order valence-electron chi connectivity index (χ2n) is 5.86. The summed E-state index contributed by atoms with van der Waals surface area (Å²) >= 11 is 0. The van der Waals surface area contributed by atoms with Crippen molar-refractivity contribution in [2.75, 3.05) is 26.7 Å². The van der Waals surface area contributed by atoms with E-state index in [2.05, 4.69) is 10.2 Å². The fourth-order valence-corrected chi connectivity index (χ4v) is 3.25. The number of urea groups is 1. The molecule has 2 atom stereocenters. The maximum Gasteiger partial charge on any atom is 0.317 e. The smallest absolute Gasteiger partial charge is 0.317 e. The van der Waals surface area contributed by atoms with Crippen molar-refractivity contribution < 1.29 is 14.7 Å². The van der Waals surface area contributed by atoms with Gasteiger partial charge in [0.15, 0.2) is 0 Å². The van der Waals surface area contributed by atoms with E-state index in [0.717, 1.165) is 19.5 Å². The summed E-state index contributed by atoms with van der Waals surface area (Å²) in [6.45, 7) is 2.73. The van der Waals surface area contributed by atoms with E-state index in [1.165, 1.54) is 19.3 Å². The monoisotopic (exact) mass is 283 g/mol. The Bertz CT molecular complexity index is 362. The van der Waals surface area contributed by atoms with E-state index in [9.17, 15) is 9.59 Å². The van der Waals surface area contributed by atoms with Crippen LogP contribution in [0.4, 0.5) is 4.79 Å². The molecule has 0 saturated carbocycles. The molecule has 2 amide bonds. The second-order valence-corrected chi connectivity index (χ2v) is 5.86. The predicted octanol–water partition coefficient (Wildman–Crippen LogP) is 1.12. The molecule has 6 heteroatoms. The summed E-state index contributed by atoms with van der Waals surface area (Å²) in [5.74, 6) is -0.813. The molecule has 2 fully saturated rings. The Morgan fingerprint density at radius 1 is 1.30 bits per heavy atom. The van der Waals surface area contributed by atoms with Gasteiger partial charge in [0.1, 0.15) is 0 Å². The van der Waals surface area contributed by atoms with Gasteiger partial charge in [0.05, 0.1) is 0 Å². The summed E-state index contributed by atoms with van der Waals surface area (Å²) in [6.07, 6.45) is 5.33. The van der Waals surface area contributed by atoms with Crippen LogP contribution in [-0.2, 0) is 4.79 Å². The maximum atomic E-state index is 12.1. The summed E-state index contributed by atoms with van der Waals surface area (Å²) in [5, 5.41) is 11.7. The minimum Gasteiger partial charge on any atom is -0.481 e. The quantitative estimate of drug-likeness (QED) is 0.793. The number of amides is 2. The molecule has 2 saturated heterocycles. The summed E-state index contributed by atoms with van der Waals surface area (Å²) in [6, 6.07) is 0.678. The molecular weight excluding hydrogens is 258 g/mol. The molecule has 0 radical (unpaired) electrons. The molecule has 2 unspecified atom stereocenters. The molecule has 6 nitrogen and oxygen atoms in total. The molecule has 2 heterocycles. The van der Waals surface area contributed by atoms with Gasteiger partial charge in [-0.15, -0.1) is 0 Å². The van der Waals surface area contributed by atoms with Gasteiger partial charge in [0.2, 0.25) is 0 Å². The molecule has 0 aromatic heterocycles. The lowest BCUT2D eigenvalue weighted by molar-refractivity contribution is -0.137. The van der Waals surface area contributed by atoms with E-state index in [-0.39, 0.29) is 18.5 Å². The van der Waals surface area contributed by atoms with Gasteiger partial charge < -0.3 is 15.3 Å². The first-order chi connectivity index (χ1) is 9.58. The molecule has 20 heavy (non-hydrogen) atoms.